The molecule has 0 heterocycles. The normalized spacial score (nSPS) is 14.0. The summed E-state index contributed by atoms with van der Waals surface area (Å²) in [6.45, 7) is 11.3. The fourth-order valence-corrected chi connectivity index (χ4v) is 2.25. The van der Waals surface area contributed by atoms with Gasteiger partial charge < -0.3 is 21.1 Å². The Morgan fingerprint density at radius 1 is 1.04 bits per heavy atom. The van der Waals surface area contributed by atoms with E-state index < -0.39 is 11.0 Å². The average molecular weight is 476 g/mol. The van der Waals surface area contributed by atoms with Crippen LogP contribution in [0.1, 0.15) is 40.2 Å². The van der Waals surface area contributed by atoms with Gasteiger partial charge in [0, 0.05) is 13.1 Å². The molecule has 26 heavy (non-hydrogen) atoms. The molecule has 0 aliphatic rings. The molecule has 0 saturated heterocycles. The van der Waals surface area contributed by atoms with E-state index in [2.05, 4.69) is 20.9 Å². The van der Waals surface area contributed by atoms with Gasteiger partial charge in [0.2, 0.25) is 5.91 Å². The van der Waals surface area contributed by atoms with Crippen molar-refractivity contribution >= 4 is 35.8 Å². The van der Waals surface area contributed by atoms with Crippen molar-refractivity contribution in [3.63, 3.8) is 0 Å². The van der Waals surface area contributed by atoms with E-state index >= 15 is 0 Å². The van der Waals surface area contributed by atoms with Gasteiger partial charge in [0.15, 0.2) is 5.96 Å². The van der Waals surface area contributed by atoms with Crippen LogP contribution in [0.5, 0.6) is 0 Å². The molecule has 0 radical (unpaired) electrons. The summed E-state index contributed by atoms with van der Waals surface area (Å²) in [6, 6.07) is 9.51. The van der Waals surface area contributed by atoms with Gasteiger partial charge >= 0.3 is 0 Å². The van der Waals surface area contributed by atoms with Crippen molar-refractivity contribution in [2.45, 2.75) is 40.2 Å². The van der Waals surface area contributed by atoms with Crippen LogP contribution in [-0.4, -0.2) is 43.2 Å². The van der Waals surface area contributed by atoms with E-state index in [1.54, 1.807) is 6.92 Å². The highest BCUT2D eigenvalue weighted by Gasteiger charge is 2.27. The van der Waals surface area contributed by atoms with Gasteiger partial charge in [0.1, 0.15) is 5.60 Å². The summed E-state index contributed by atoms with van der Waals surface area (Å²) >= 11 is 0. The molecule has 4 N–H and O–H groups in total. The van der Waals surface area contributed by atoms with Crippen LogP contribution in [0.25, 0.3) is 0 Å². The number of hydrogen-bond donors (Lipinski definition) is 4. The van der Waals surface area contributed by atoms with Gasteiger partial charge in [-0.25, -0.2) is 0 Å². The van der Waals surface area contributed by atoms with Crippen molar-refractivity contribution in [2.75, 3.05) is 26.2 Å². The molecule has 0 saturated carbocycles. The monoisotopic (exact) mass is 476 g/mol. The van der Waals surface area contributed by atoms with E-state index in [1.807, 2.05) is 58.0 Å². The average Bonchev–Trinajstić information content (AvgIpc) is 2.58. The molecule has 7 heteroatoms. The molecule has 0 aliphatic carbocycles. The molecule has 1 unspecified atom stereocenters. The third-order valence-electron chi connectivity index (χ3n) is 3.92. The molecule has 148 valence electrons. The second-order valence-corrected chi connectivity index (χ2v) is 6.93. The van der Waals surface area contributed by atoms with Crippen LogP contribution >= 0.6 is 24.0 Å². The first kappa shape index (κ1) is 24.7. The van der Waals surface area contributed by atoms with Crippen LogP contribution < -0.4 is 16.0 Å². The molecular weight excluding hydrogens is 443 g/mol. The lowest BCUT2D eigenvalue weighted by molar-refractivity contribution is -0.128. The Kier molecular flexibility index (Phi) is 10.8. The third-order valence-corrected chi connectivity index (χ3v) is 3.92. The number of nitrogens with one attached hydrogen (secondary N) is 3. The zero-order chi connectivity index (χ0) is 18.9. The van der Waals surface area contributed by atoms with Gasteiger partial charge in [-0.2, -0.15) is 0 Å². The number of amides is 1. The quantitative estimate of drug-likeness (QED) is 0.264. The number of halogens is 1. The smallest absolute Gasteiger partial charge is 0.227 e. The Labute approximate surface area is 174 Å². The fraction of sp³-hybridized carbons (Fsp3) is 0.579. The molecule has 1 aromatic rings. The van der Waals surface area contributed by atoms with Crippen molar-refractivity contribution in [2.24, 2.45) is 10.4 Å². The zero-order valence-electron chi connectivity index (χ0n) is 16.4. The second-order valence-electron chi connectivity index (χ2n) is 6.93. The zero-order valence-corrected chi connectivity index (χ0v) is 18.8. The number of hydrogen-bond acceptors (Lipinski definition) is 3. The summed E-state index contributed by atoms with van der Waals surface area (Å²) in [4.78, 5) is 16.6. The van der Waals surface area contributed by atoms with Crippen LogP contribution in [0, 0.1) is 5.41 Å². The predicted octanol–water partition coefficient (Wildman–Crippen LogP) is 2.23. The number of benzene rings is 1. The highest BCUT2D eigenvalue weighted by atomic mass is 127. The first-order valence-electron chi connectivity index (χ1n) is 8.81. The molecule has 1 amide bonds. The first-order chi connectivity index (χ1) is 11.7. The van der Waals surface area contributed by atoms with Crippen molar-refractivity contribution in [1.82, 2.24) is 16.0 Å². The van der Waals surface area contributed by atoms with E-state index in [0.717, 1.165) is 5.56 Å². The molecule has 0 bridgehead atoms. The Morgan fingerprint density at radius 3 is 2.15 bits per heavy atom. The highest BCUT2D eigenvalue weighted by molar-refractivity contribution is 14.0. The Morgan fingerprint density at radius 2 is 1.62 bits per heavy atom. The number of rotatable bonds is 8. The molecule has 0 fully saturated rings. The molecule has 0 aromatic heterocycles. The maximum Gasteiger partial charge on any atom is 0.227 e. The SMILES string of the molecule is CCNC(=O)C(C)(C)CN=C(NCC)NCC(C)(O)c1ccccc1.I. The second kappa shape index (κ2) is 11.4. The van der Waals surface area contributed by atoms with Crippen LogP contribution in [0.4, 0.5) is 0 Å². The van der Waals surface area contributed by atoms with Gasteiger partial charge in [-0.1, -0.05) is 30.3 Å². The van der Waals surface area contributed by atoms with Crippen molar-refractivity contribution in [3.05, 3.63) is 35.9 Å². The maximum absolute atomic E-state index is 12.1. The van der Waals surface area contributed by atoms with Gasteiger partial charge in [0.25, 0.3) is 0 Å². The Bertz CT molecular complexity index is 574. The number of carbonyl (C=O) groups is 1. The molecule has 6 nitrogen and oxygen atoms in total. The van der Waals surface area contributed by atoms with E-state index in [4.69, 9.17) is 0 Å². The molecule has 1 aromatic carbocycles. The Hall–Kier alpha value is -1.35. The van der Waals surface area contributed by atoms with Gasteiger partial charge in [-0.05, 0) is 40.2 Å². The molecule has 1 rings (SSSR count). The summed E-state index contributed by atoms with van der Waals surface area (Å²) in [5.41, 5.74) is -0.784. The topological polar surface area (TPSA) is 85.8 Å². The summed E-state index contributed by atoms with van der Waals surface area (Å²) in [7, 11) is 0. The molecule has 1 atom stereocenters. The standard InChI is InChI=1S/C19H32N4O2.HI/c1-6-20-16(24)18(3,4)13-22-17(21-7-2)23-14-19(5,25)15-11-9-8-10-12-15;/h8-12,25H,6-7,13-14H2,1-5H3,(H,20,24)(H2,21,22,23);1H. The summed E-state index contributed by atoms with van der Waals surface area (Å²) in [5.74, 6) is 0.557. The van der Waals surface area contributed by atoms with Crippen LogP contribution in [-0.2, 0) is 10.4 Å². The number of aliphatic hydroxyl groups is 1. The number of aliphatic imine (C=N–C) groups is 1. The van der Waals surface area contributed by atoms with Crippen LogP contribution in [0.3, 0.4) is 0 Å². The van der Waals surface area contributed by atoms with E-state index in [0.29, 0.717) is 32.1 Å². The van der Waals surface area contributed by atoms with E-state index in [-0.39, 0.29) is 29.9 Å². The summed E-state index contributed by atoms with van der Waals surface area (Å²) in [6.07, 6.45) is 0. The van der Waals surface area contributed by atoms with Gasteiger partial charge in [-0.15, -0.1) is 24.0 Å². The highest BCUT2D eigenvalue weighted by Crippen LogP contribution is 2.19. The first-order valence-corrected chi connectivity index (χ1v) is 8.81. The molecule has 0 aliphatic heterocycles. The van der Waals surface area contributed by atoms with E-state index in [9.17, 15) is 9.90 Å². The fourth-order valence-electron chi connectivity index (χ4n) is 2.25. The van der Waals surface area contributed by atoms with Crippen molar-refractivity contribution < 1.29 is 9.90 Å². The van der Waals surface area contributed by atoms with Crippen LogP contribution in [0.15, 0.2) is 35.3 Å². The third kappa shape index (κ3) is 7.90. The van der Waals surface area contributed by atoms with Gasteiger partial charge in [-0.3, -0.25) is 9.79 Å². The predicted molar refractivity (Wildman–Crippen MR) is 118 cm³/mol. The summed E-state index contributed by atoms with van der Waals surface area (Å²) in [5, 5.41) is 19.8. The number of carbonyl (C=O) groups excluding carboxylic acids is 1. The van der Waals surface area contributed by atoms with Crippen molar-refractivity contribution in [1.29, 1.82) is 0 Å². The maximum atomic E-state index is 12.1. The lowest BCUT2D eigenvalue weighted by Gasteiger charge is -2.26. The number of nitrogens with zero attached hydrogens (tertiary/aromatic N) is 1. The van der Waals surface area contributed by atoms with Crippen molar-refractivity contribution in [3.8, 4) is 0 Å². The lowest BCUT2D eigenvalue weighted by atomic mass is 9.92. The summed E-state index contributed by atoms with van der Waals surface area (Å²) < 4.78 is 0. The van der Waals surface area contributed by atoms with E-state index in [1.165, 1.54) is 0 Å². The minimum atomic E-state index is -1.02. The van der Waals surface area contributed by atoms with Crippen LogP contribution in [0.2, 0.25) is 0 Å². The minimum Gasteiger partial charge on any atom is -0.384 e. The molecule has 0 spiro atoms. The van der Waals surface area contributed by atoms with Gasteiger partial charge in [0.05, 0.1) is 18.5 Å². The number of guanidine groups is 1. The Balaban J connectivity index is 0.00000625. The minimum absolute atomic E-state index is 0. The largest absolute Gasteiger partial charge is 0.384 e. The molecular formula is C19H33IN4O2. The lowest BCUT2D eigenvalue weighted by Crippen LogP contribution is -2.45.